The lowest BCUT2D eigenvalue weighted by molar-refractivity contribution is -0.126. The van der Waals surface area contributed by atoms with Crippen LogP contribution in [0.4, 0.5) is 0 Å². The second-order valence-corrected chi connectivity index (χ2v) is 8.72. The molecule has 8 nitrogen and oxygen atoms in total. The average Bonchev–Trinajstić information content (AvgIpc) is 3.27. The van der Waals surface area contributed by atoms with Gasteiger partial charge in [0.15, 0.2) is 0 Å². The molecule has 168 valence electrons. The lowest BCUT2D eigenvalue weighted by Crippen LogP contribution is -2.45. The summed E-state index contributed by atoms with van der Waals surface area (Å²) in [4.78, 5) is 24.2. The Morgan fingerprint density at radius 3 is 2.55 bits per heavy atom. The molecule has 8 heteroatoms. The Bertz CT molecular complexity index is 810. The van der Waals surface area contributed by atoms with Gasteiger partial charge in [0, 0.05) is 44.2 Å². The molecular formula is C23H34N6O2. The van der Waals surface area contributed by atoms with E-state index in [4.69, 9.17) is 4.52 Å². The highest BCUT2D eigenvalue weighted by molar-refractivity contribution is 5.78. The summed E-state index contributed by atoms with van der Waals surface area (Å²) in [5.41, 5.74) is 0.959. The Kier molecular flexibility index (Phi) is 7.66. The van der Waals surface area contributed by atoms with Crippen molar-refractivity contribution in [2.75, 3.05) is 59.4 Å². The number of aromatic nitrogens is 2. The number of amides is 1. The van der Waals surface area contributed by atoms with E-state index < -0.39 is 0 Å². The van der Waals surface area contributed by atoms with Crippen molar-refractivity contribution in [1.29, 1.82) is 0 Å². The number of likely N-dealkylation sites (N-methyl/N-ethyl adjacent to an activating group) is 1. The van der Waals surface area contributed by atoms with Crippen molar-refractivity contribution >= 4 is 5.91 Å². The van der Waals surface area contributed by atoms with Crippen LogP contribution in [0.2, 0.25) is 0 Å². The topological polar surface area (TPSA) is 77.7 Å². The van der Waals surface area contributed by atoms with Gasteiger partial charge in [-0.1, -0.05) is 35.5 Å². The molecule has 0 bridgehead atoms. The number of nitrogens with zero attached hydrogens (tertiary/aromatic N) is 5. The van der Waals surface area contributed by atoms with Crippen molar-refractivity contribution in [3.63, 3.8) is 0 Å². The van der Waals surface area contributed by atoms with E-state index in [1.807, 2.05) is 30.3 Å². The number of hydrogen-bond donors (Lipinski definition) is 1. The third-order valence-electron chi connectivity index (χ3n) is 6.36. The van der Waals surface area contributed by atoms with Crippen LogP contribution in [0.25, 0.3) is 11.4 Å². The summed E-state index contributed by atoms with van der Waals surface area (Å²) in [5.74, 6) is 1.58. The summed E-state index contributed by atoms with van der Waals surface area (Å²) in [6, 6.07) is 9.85. The fraction of sp³-hybridized carbons (Fsp3) is 0.609. The molecule has 0 spiro atoms. The molecule has 0 aliphatic carbocycles. The Balaban J connectivity index is 1.13. The minimum atomic E-state index is 0.113. The predicted octanol–water partition coefficient (Wildman–Crippen LogP) is 1.70. The van der Waals surface area contributed by atoms with Crippen LogP contribution in [0.15, 0.2) is 34.9 Å². The van der Waals surface area contributed by atoms with Gasteiger partial charge in [0.25, 0.3) is 0 Å². The molecule has 0 saturated carbocycles. The predicted molar refractivity (Wildman–Crippen MR) is 119 cm³/mol. The first-order valence-corrected chi connectivity index (χ1v) is 11.5. The first-order valence-electron chi connectivity index (χ1n) is 11.5. The molecule has 2 aromatic rings. The Morgan fingerprint density at radius 2 is 1.81 bits per heavy atom. The molecule has 3 heterocycles. The van der Waals surface area contributed by atoms with Crippen LogP contribution in [0, 0.1) is 5.92 Å². The van der Waals surface area contributed by atoms with Crippen LogP contribution in [0.3, 0.4) is 0 Å². The highest BCUT2D eigenvalue weighted by Crippen LogP contribution is 2.20. The molecule has 1 aromatic carbocycles. The van der Waals surface area contributed by atoms with Gasteiger partial charge in [0.1, 0.15) is 0 Å². The Morgan fingerprint density at radius 1 is 1.06 bits per heavy atom. The fourth-order valence-electron chi connectivity index (χ4n) is 4.30. The van der Waals surface area contributed by atoms with Gasteiger partial charge < -0.3 is 19.6 Å². The number of rotatable bonds is 8. The average molecular weight is 427 g/mol. The summed E-state index contributed by atoms with van der Waals surface area (Å²) >= 11 is 0. The highest BCUT2D eigenvalue weighted by atomic mass is 16.5. The summed E-state index contributed by atoms with van der Waals surface area (Å²) in [6.45, 7) is 8.79. The van der Waals surface area contributed by atoms with Crippen LogP contribution < -0.4 is 5.32 Å². The van der Waals surface area contributed by atoms with Crippen LogP contribution >= 0.6 is 0 Å². The van der Waals surface area contributed by atoms with Crippen LogP contribution in [-0.2, 0) is 11.3 Å². The van der Waals surface area contributed by atoms with Gasteiger partial charge in [-0.3, -0.25) is 9.69 Å². The molecule has 1 aromatic heterocycles. The van der Waals surface area contributed by atoms with E-state index in [0.29, 0.717) is 18.3 Å². The molecule has 2 saturated heterocycles. The van der Waals surface area contributed by atoms with Crippen LogP contribution in [-0.4, -0.2) is 90.2 Å². The molecular weight excluding hydrogens is 392 g/mol. The lowest BCUT2D eigenvalue weighted by Gasteiger charge is -2.32. The summed E-state index contributed by atoms with van der Waals surface area (Å²) in [5, 5.41) is 7.24. The second-order valence-electron chi connectivity index (χ2n) is 8.72. The van der Waals surface area contributed by atoms with Crippen molar-refractivity contribution in [3.05, 3.63) is 36.2 Å². The number of likely N-dealkylation sites (tertiary alicyclic amines) is 1. The number of hydrogen-bond acceptors (Lipinski definition) is 7. The van der Waals surface area contributed by atoms with E-state index in [2.05, 4.69) is 37.2 Å². The molecule has 31 heavy (non-hydrogen) atoms. The molecule has 0 atom stereocenters. The van der Waals surface area contributed by atoms with Gasteiger partial charge in [-0.15, -0.1) is 0 Å². The summed E-state index contributed by atoms with van der Waals surface area (Å²) in [6.07, 6.45) is 2.78. The van der Waals surface area contributed by atoms with Crippen molar-refractivity contribution in [1.82, 2.24) is 30.2 Å². The molecule has 4 rings (SSSR count). The van der Waals surface area contributed by atoms with Crippen LogP contribution in [0.1, 0.15) is 25.2 Å². The molecule has 1 amide bonds. The largest absolute Gasteiger partial charge is 0.356 e. The van der Waals surface area contributed by atoms with Crippen molar-refractivity contribution in [2.24, 2.45) is 5.92 Å². The zero-order valence-corrected chi connectivity index (χ0v) is 18.5. The van der Waals surface area contributed by atoms with Gasteiger partial charge in [-0.25, -0.2) is 0 Å². The normalized spacial score (nSPS) is 19.5. The maximum Gasteiger partial charge on any atom is 0.241 e. The smallest absolute Gasteiger partial charge is 0.241 e. The molecule has 2 fully saturated rings. The standard InChI is InChI=1S/C23H34N6O2/c1-27-14-16-28(17-15-27)11-5-10-24-23(30)20-8-12-29(13-9-20)18-21-25-22(26-31-21)19-6-3-2-4-7-19/h2-4,6-7,20H,5,8-18H2,1H3,(H,24,30). The monoisotopic (exact) mass is 426 g/mol. The van der Waals surface area contributed by atoms with Crippen LogP contribution in [0.5, 0.6) is 0 Å². The van der Waals surface area contributed by atoms with E-state index in [9.17, 15) is 4.79 Å². The first-order chi connectivity index (χ1) is 15.2. The minimum Gasteiger partial charge on any atom is -0.356 e. The number of piperazine rings is 1. The molecule has 1 N–H and O–H groups in total. The van der Waals surface area contributed by atoms with E-state index >= 15 is 0 Å². The van der Waals surface area contributed by atoms with Crippen molar-refractivity contribution in [3.8, 4) is 11.4 Å². The third-order valence-corrected chi connectivity index (χ3v) is 6.36. The molecule has 0 radical (unpaired) electrons. The van der Waals surface area contributed by atoms with Gasteiger partial charge in [0.2, 0.25) is 17.6 Å². The summed E-state index contributed by atoms with van der Waals surface area (Å²) < 4.78 is 5.43. The minimum absolute atomic E-state index is 0.113. The lowest BCUT2D eigenvalue weighted by atomic mass is 9.96. The van der Waals surface area contributed by atoms with Crippen molar-refractivity contribution < 1.29 is 9.32 Å². The van der Waals surface area contributed by atoms with E-state index in [0.717, 1.165) is 77.2 Å². The Hall–Kier alpha value is -2.29. The molecule has 2 aliphatic rings. The SMILES string of the molecule is CN1CCN(CCCNC(=O)C2CCN(Cc3nc(-c4ccccc4)no3)CC2)CC1. The number of benzene rings is 1. The fourth-order valence-corrected chi connectivity index (χ4v) is 4.30. The summed E-state index contributed by atoms with van der Waals surface area (Å²) in [7, 11) is 2.17. The maximum atomic E-state index is 12.5. The number of carbonyl (C=O) groups is 1. The Labute approximate surface area is 184 Å². The van der Waals surface area contributed by atoms with E-state index in [1.54, 1.807) is 0 Å². The maximum absolute atomic E-state index is 12.5. The zero-order chi connectivity index (χ0) is 21.5. The second kappa shape index (κ2) is 10.8. The van der Waals surface area contributed by atoms with Gasteiger partial charge in [-0.05, 0) is 45.9 Å². The number of carbonyl (C=O) groups excluding carboxylic acids is 1. The van der Waals surface area contributed by atoms with Gasteiger partial charge in [-0.2, -0.15) is 4.98 Å². The van der Waals surface area contributed by atoms with Gasteiger partial charge in [0.05, 0.1) is 6.54 Å². The molecule has 2 aliphatic heterocycles. The first kappa shape index (κ1) is 21.9. The zero-order valence-electron chi connectivity index (χ0n) is 18.5. The van der Waals surface area contributed by atoms with Crippen molar-refractivity contribution in [2.45, 2.75) is 25.8 Å². The highest BCUT2D eigenvalue weighted by Gasteiger charge is 2.26. The quantitative estimate of drug-likeness (QED) is 0.644. The van der Waals surface area contributed by atoms with E-state index in [-0.39, 0.29) is 11.8 Å². The number of nitrogens with one attached hydrogen (secondary N) is 1. The molecule has 0 unspecified atom stereocenters. The van der Waals surface area contributed by atoms with Gasteiger partial charge >= 0.3 is 0 Å². The van der Waals surface area contributed by atoms with E-state index in [1.165, 1.54) is 0 Å². The third kappa shape index (κ3) is 6.35. The number of piperidine rings is 1.